The van der Waals surface area contributed by atoms with Crippen LogP contribution in [0.2, 0.25) is 5.02 Å². The maximum atomic E-state index is 5.86. The monoisotopic (exact) mass is 166 g/mol. The van der Waals surface area contributed by atoms with Crippen LogP contribution in [0.3, 0.4) is 0 Å². The Morgan fingerprint density at radius 2 is 2.18 bits per heavy atom. The lowest BCUT2D eigenvalue weighted by molar-refractivity contribution is 1.14. The molecular formula is C10H11Cl. The molecule has 0 saturated heterocycles. The van der Waals surface area contributed by atoms with E-state index in [1.54, 1.807) is 0 Å². The molecule has 0 aromatic heterocycles. The summed E-state index contributed by atoms with van der Waals surface area (Å²) in [5, 5.41) is 0.791. The lowest BCUT2D eigenvalue weighted by Gasteiger charge is -1.99. The maximum Gasteiger partial charge on any atom is 0.0414 e. The summed E-state index contributed by atoms with van der Waals surface area (Å²) in [6.07, 6.45) is 2.83. The summed E-state index contributed by atoms with van der Waals surface area (Å²) in [6.45, 7) is 5.80. The molecule has 1 aromatic carbocycles. The highest BCUT2D eigenvalue weighted by Crippen LogP contribution is 2.16. The van der Waals surface area contributed by atoms with Gasteiger partial charge in [-0.3, -0.25) is 0 Å². The van der Waals surface area contributed by atoms with E-state index < -0.39 is 0 Å². The van der Waals surface area contributed by atoms with Crippen molar-refractivity contribution in [3.05, 3.63) is 40.9 Å². The average molecular weight is 167 g/mol. The van der Waals surface area contributed by atoms with Crippen LogP contribution < -0.4 is 0 Å². The van der Waals surface area contributed by atoms with Crippen molar-refractivity contribution >= 4 is 17.7 Å². The molecule has 0 unspecified atom stereocenters. The number of benzene rings is 1. The highest BCUT2D eigenvalue weighted by molar-refractivity contribution is 6.30. The fourth-order valence-electron chi connectivity index (χ4n) is 0.997. The molecule has 0 N–H and O–H groups in total. The number of hydrogen-bond donors (Lipinski definition) is 0. The largest absolute Gasteiger partial charge is 0.0985 e. The molecule has 0 aliphatic heterocycles. The van der Waals surface area contributed by atoms with Crippen LogP contribution in [0.15, 0.2) is 24.8 Å². The normalized spacial score (nSPS) is 9.64. The lowest BCUT2D eigenvalue weighted by Crippen LogP contribution is -1.81. The second kappa shape index (κ2) is 3.59. The van der Waals surface area contributed by atoms with Crippen LogP contribution in [0.4, 0.5) is 0 Å². The first-order valence-corrected chi connectivity index (χ1v) is 4.06. The third-order valence-electron chi connectivity index (χ3n) is 1.62. The zero-order valence-corrected chi connectivity index (χ0v) is 7.36. The van der Waals surface area contributed by atoms with Crippen molar-refractivity contribution in [2.75, 3.05) is 0 Å². The van der Waals surface area contributed by atoms with Gasteiger partial charge in [0.25, 0.3) is 0 Å². The molecule has 0 nitrogen and oxygen atoms in total. The molecule has 1 rings (SSSR count). The van der Waals surface area contributed by atoms with Gasteiger partial charge in [-0.2, -0.15) is 0 Å². The van der Waals surface area contributed by atoms with E-state index in [1.807, 2.05) is 18.2 Å². The first kappa shape index (κ1) is 8.35. The summed E-state index contributed by atoms with van der Waals surface area (Å²) < 4.78 is 0. The molecule has 0 spiro atoms. The fourth-order valence-corrected chi connectivity index (χ4v) is 1.26. The van der Waals surface area contributed by atoms with Crippen LogP contribution in [0.5, 0.6) is 0 Å². The fraction of sp³-hybridized carbons (Fsp3) is 0.200. The number of hydrogen-bond acceptors (Lipinski definition) is 0. The summed E-state index contributed by atoms with van der Waals surface area (Å²) >= 11 is 5.86. The molecule has 11 heavy (non-hydrogen) atoms. The maximum absolute atomic E-state index is 5.86. The van der Waals surface area contributed by atoms with Crippen molar-refractivity contribution in [2.24, 2.45) is 0 Å². The Labute approximate surface area is 72.5 Å². The lowest BCUT2D eigenvalue weighted by atomic mass is 10.1. The molecule has 0 atom stereocenters. The summed E-state index contributed by atoms with van der Waals surface area (Å²) in [7, 11) is 0. The minimum absolute atomic E-state index is 0.791. The molecule has 1 heteroatoms. The highest BCUT2D eigenvalue weighted by atomic mass is 35.5. The van der Waals surface area contributed by atoms with Gasteiger partial charge in [-0.25, -0.2) is 0 Å². The second-order valence-electron chi connectivity index (χ2n) is 2.45. The standard InChI is InChI=1S/C10H11Cl/c1-3-8-5-9(4-2)7-10(11)6-8/h3,5-7H,1,4H2,2H3. The van der Waals surface area contributed by atoms with Gasteiger partial charge < -0.3 is 0 Å². The zero-order valence-electron chi connectivity index (χ0n) is 6.60. The minimum Gasteiger partial charge on any atom is -0.0985 e. The Balaban J connectivity index is 3.11. The quantitative estimate of drug-likeness (QED) is 0.631. The van der Waals surface area contributed by atoms with E-state index in [0.29, 0.717) is 0 Å². The molecule has 0 heterocycles. The van der Waals surface area contributed by atoms with Gasteiger partial charge in [0.05, 0.1) is 0 Å². The minimum atomic E-state index is 0.791. The summed E-state index contributed by atoms with van der Waals surface area (Å²) in [5.41, 5.74) is 2.35. The van der Waals surface area contributed by atoms with Gasteiger partial charge in [0, 0.05) is 5.02 Å². The molecule has 0 amide bonds. The van der Waals surface area contributed by atoms with Crippen molar-refractivity contribution in [2.45, 2.75) is 13.3 Å². The molecule has 0 saturated carbocycles. The molecule has 0 bridgehead atoms. The summed E-state index contributed by atoms with van der Waals surface area (Å²) in [5.74, 6) is 0. The van der Waals surface area contributed by atoms with Crippen molar-refractivity contribution in [3.8, 4) is 0 Å². The Morgan fingerprint density at radius 1 is 1.45 bits per heavy atom. The predicted molar refractivity (Wildman–Crippen MR) is 50.9 cm³/mol. The first-order valence-electron chi connectivity index (χ1n) is 3.68. The van der Waals surface area contributed by atoms with Crippen LogP contribution in [0, 0.1) is 0 Å². The molecule has 0 radical (unpaired) electrons. The molecule has 0 aliphatic carbocycles. The summed E-state index contributed by atoms with van der Waals surface area (Å²) in [4.78, 5) is 0. The van der Waals surface area contributed by atoms with E-state index >= 15 is 0 Å². The van der Waals surface area contributed by atoms with Gasteiger partial charge >= 0.3 is 0 Å². The van der Waals surface area contributed by atoms with Crippen LogP contribution in [0.1, 0.15) is 18.1 Å². The van der Waals surface area contributed by atoms with E-state index in [-0.39, 0.29) is 0 Å². The Bertz CT molecular complexity index is 264. The Kier molecular flexibility index (Phi) is 2.72. The van der Waals surface area contributed by atoms with E-state index in [4.69, 9.17) is 11.6 Å². The van der Waals surface area contributed by atoms with E-state index in [9.17, 15) is 0 Å². The molecule has 58 valence electrons. The first-order chi connectivity index (χ1) is 5.26. The highest BCUT2D eigenvalue weighted by Gasteiger charge is 1.94. The SMILES string of the molecule is C=Cc1cc(Cl)cc(CC)c1. The molecule has 0 aliphatic rings. The Morgan fingerprint density at radius 3 is 2.73 bits per heavy atom. The third kappa shape index (κ3) is 2.09. The second-order valence-corrected chi connectivity index (χ2v) is 2.89. The molecule has 1 aromatic rings. The van der Waals surface area contributed by atoms with Crippen molar-refractivity contribution in [3.63, 3.8) is 0 Å². The van der Waals surface area contributed by atoms with Crippen LogP contribution in [0.25, 0.3) is 6.08 Å². The van der Waals surface area contributed by atoms with E-state index in [1.165, 1.54) is 5.56 Å². The van der Waals surface area contributed by atoms with Crippen LogP contribution in [-0.4, -0.2) is 0 Å². The summed E-state index contributed by atoms with van der Waals surface area (Å²) in [6, 6.07) is 5.99. The topological polar surface area (TPSA) is 0 Å². The third-order valence-corrected chi connectivity index (χ3v) is 1.84. The van der Waals surface area contributed by atoms with Gasteiger partial charge in [-0.1, -0.05) is 37.2 Å². The average Bonchev–Trinajstić information content (AvgIpc) is 2.03. The number of aryl methyl sites for hydroxylation is 1. The zero-order chi connectivity index (χ0) is 8.27. The van der Waals surface area contributed by atoms with Crippen LogP contribution >= 0.6 is 11.6 Å². The molecule has 0 fully saturated rings. The van der Waals surface area contributed by atoms with Crippen molar-refractivity contribution < 1.29 is 0 Å². The predicted octanol–water partition coefficient (Wildman–Crippen LogP) is 3.55. The van der Waals surface area contributed by atoms with E-state index in [2.05, 4.69) is 19.6 Å². The molecular weight excluding hydrogens is 156 g/mol. The van der Waals surface area contributed by atoms with Gasteiger partial charge in [0.15, 0.2) is 0 Å². The van der Waals surface area contributed by atoms with Crippen LogP contribution in [-0.2, 0) is 6.42 Å². The smallest absolute Gasteiger partial charge is 0.0414 e. The van der Waals surface area contributed by atoms with E-state index in [0.717, 1.165) is 17.0 Å². The number of rotatable bonds is 2. The van der Waals surface area contributed by atoms with Crippen molar-refractivity contribution in [1.82, 2.24) is 0 Å². The van der Waals surface area contributed by atoms with Crippen molar-refractivity contribution in [1.29, 1.82) is 0 Å². The number of halogens is 1. The van der Waals surface area contributed by atoms with Gasteiger partial charge in [-0.15, -0.1) is 0 Å². The van der Waals surface area contributed by atoms with Gasteiger partial charge in [-0.05, 0) is 29.7 Å². The van der Waals surface area contributed by atoms with Gasteiger partial charge in [0.2, 0.25) is 0 Å². The Hall–Kier alpha value is -0.750. The van der Waals surface area contributed by atoms with Gasteiger partial charge in [0.1, 0.15) is 0 Å².